The first-order valence-corrected chi connectivity index (χ1v) is 7.89. The molecule has 0 aromatic heterocycles. The van der Waals surface area contributed by atoms with Gasteiger partial charge in [0.25, 0.3) is 5.91 Å². The van der Waals surface area contributed by atoms with Crippen LogP contribution in [0.15, 0.2) is 54.6 Å². The lowest BCUT2D eigenvalue weighted by molar-refractivity contribution is 0.0650. The fraction of sp³-hybridized carbons (Fsp3) is 0.263. The zero-order valence-corrected chi connectivity index (χ0v) is 14.2. The predicted molar refractivity (Wildman–Crippen MR) is 97.5 cm³/mol. The van der Waals surface area contributed by atoms with E-state index in [1.165, 1.54) is 0 Å². The van der Waals surface area contributed by atoms with Gasteiger partial charge >= 0.3 is 0 Å². The largest absolute Gasteiger partial charge is 0.399 e. The number of hydrogen-bond acceptors (Lipinski definition) is 3. The van der Waals surface area contributed by atoms with Gasteiger partial charge in [-0.3, -0.25) is 9.59 Å². The summed E-state index contributed by atoms with van der Waals surface area (Å²) in [6.07, 6.45) is 1.43. The number of halogens is 1. The number of Topliss-reactive ketones (excluding diaryl/α,β-unsaturated/α-hetero) is 1. The van der Waals surface area contributed by atoms with Crippen molar-refractivity contribution >= 4 is 29.8 Å². The summed E-state index contributed by atoms with van der Waals surface area (Å²) in [4.78, 5) is 26.7. The Labute approximate surface area is 148 Å². The van der Waals surface area contributed by atoms with Gasteiger partial charge in [-0.25, -0.2) is 0 Å². The molecule has 0 spiro atoms. The maximum Gasteiger partial charge on any atom is 0.253 e. The first-order valence-electron chi connectivity index (χ1n) is 7.89. The number of hydrogen-bond donors (Lipinski definition) is 1. The minimum absolute atomic E-state index is 0. The van der Waals surface area contributed by atoms with E-state index in [4.69, 9.17) is 5.73 Å². The van der Waals surface area contributed by atoms with Gasteiger partial charge in [0.05, 0.1) is 0 Å². The number of likely N-dealkylation sites (tertiary alicyclic amines) is 1. The Morgan fingerprint density at radius 3 is 2.04 bits per heavy atom. The van der Waals surface area contributed by atoms with E-state index < -0.39 is 0 Å². The molecule has 24 heavy (non-hydrogen) atoms. The molecule has 2 aromatic carbocycles. The van der Waals surface area contributed by atoms with Gasteiger partial charge in [-0.1, -0.05) is 30.3 Å². The number of ketones is 1. The van der Waals surface area contributed by atoms with Crippen LogP contribution >= 0.6 is 12.4 Å². The van der Waals surface area contributed by atoms with Crippen molar-refractivity contribution in [1.29, 1.82) is 0 Å². The Kier molecular flexibility index (Phi) is 5.99. The van der Waals surface area contributed by atoms with Crippen LogP contribution in [0.4, 0.5) is 5.69 Å². The summed E-state index contributed by atoms with van der Waals surface area (Å²) in [5, 5.41) is 0. The monoisotopic (exact) mass is 344 g/mol. The molecule has 0 bridgehead atoms. The lowest BCUT2D eigenvalue weighted by Gasteiger charge is -2.31. The lowest BCUT2D eigenvalue weighted by Crippen LogP contribution is -2.40. The summed E-state index contributed by atoms with van der Waals surface area (Å²) >= 11 is 0. The fourth-order valence-electron chi connectivity index (χ4n) is 2.99. The van der Waals surface area contributed by atoms with E-state index in [9.17, 15) is 9.59 Å². The number of carbonyl (C=O) groups is 2. The number of nitrogens with zero attached hydrogens (tertiary/aromatic N) is 1. The molecule has 1 aliphatic rings. The average Bonchev–Trinajstić information content (AvgIpc) is 2.62. The number of nitrogen functional groups attached to an aromatic ring is 1. The fourth-order valence-corrected chi connectivity index (χ4v) is 2.99. The normalized spacial score (nSPS) is 14.8. The van der Waals surface area contributed by atoms with Crippen LogP contribution in [0.5, 0.6) is 0 Å². The number of rotatable bonds is 3. The smallest absolute Gasteiger partial charge is 0.253 e. The number of carbonyl (C=O) groups excluding carboxylic acids is 2. The van der Waals surface area contributed by atoms with Gasteiger partial charge in [0, 0.05) is 35.8 Å². The lowest BCUT2D eigenvalue weighted by atomic mass is 9.88. The zero-order valence-electron chi connectivity index (χ0n) is 13.4. The van der Waals surface area contributed by atoms with Gasteiger partial charge in [0.15, 0.2) is 5.78 Å². The molecule has 4 nitrogen and oxygen atoms in total. The average molecular weight is 345 g/mol. The highest BCUT2D eigenvalue weighted by Crippen LogP contribution is 2.23. The first-order chi connectivity index (χ1) is 11.1. The Morgan fingerprint density at radius 1 is 0.875 bits per heavy atom. The molecular weight excluding hydrogens is 324 g/mol. The van der Waals surface area contributed by atoms with Crippen molar-refractivity contribution in [2.24, 2.45) is 5.92 Å². The van der Waals surface area contributed by atoms with E-state index in [2.05, 4.69) is 0 Å². The van der Waals surface area contributed by atoms with Crippen molar-refractivity contribution in [3.8, 4) is 0 Å². The Bertz CT molecular complexity index is 693. The second-order valence-electron chi connectivity index (χ2n) is 5.92. The summed E-state index contributed by atoms with van der Waals surface area (Å²) < 4.78 is 0. The summed E-state index contributed by atoms with van der Waals surface area (Å²) in [7, 11) is 0. The van der Waals surface area contributed by atoms with Crippen LogP contribution in [0.3, 0.4) is 0 Å². The summed E-state index contributed by atoms with van der Waals surface area (Å²) in [6, 6.07) is 16.3. The minimum Gasteiger partial charge on any atom is -0.399 e. The standard InChI is InChI=1S/C19H20N2O2.ClH/c20-17-8-6-16(7-9-17)19(23)21-12-10-15(11-13-21)18(22)14-4-2-1-3-5-14;/h1-9,15H,10-13,20H2;1H. The molecule has 0 aliphatic carbocycles. The van der Waals surface area contributed by atoms with Gasteiger partial charge in [-0.2, -0.15) is 0 Å². The highest BCUT2D eigenvalue weighted by atomic mass is 35.5. The highest BCUT2D eigenvalue weighted by Gasteiger charge is 2.28. The SMILES string of the molecule is Cl.Nc1ccc(C(=O)N2CCC(C(=O)c3ccccc3)CC2)cc1. The maximum atomic E-state index is 12.5. The number of nitrogens with two attached hydrogens (primary N) is 1. The summed E-state index contributed by atoms with van der Waals surface area (Å²) in [5.41, 5.74) is 7.70. The van der Waals surface area contributed by atoms with Crippen LogP contribution in [-0.2, 0) is 0 Å². The van der Waals surface area contributed by atoms with Crippen LogP contribution in [-0.4, -0.2) is 29.7 Å². The molecule has 0 unspecified atom stereocenters. The van der Waals surface area contributed by atoms with Crippen LogP contribution in [0.1, 0.15) is 33.6 Å². The number of anilines is 1. The topological polar surface area (TPSA) is 63.4 Å². The van der Waals surface area contributed by atoms with Gasteiger partial charge in [0.2, 0.25) is 0 Å². The number of amides is 1. The van der Waals surface area contributed by atoms with Crippen molar-refractivity contribution in [2.45, 2.75) is 12.8 Å². The van der Waals surface area contributed by atoms with Gasteiger partial charge in [-0.05, 0) is 37.1 Å². The quantitative estimate of drug-likeness (QED) is 0.685. The molecule has 1 amide bonds. The van der Waals surface area contributed by atoms with Crippen molar-refractivity contribution in [3.05, 3.63) is 65.7 Å². The Hall–Kier alpha value is -2.33. The molecule has 1 saturated heterocycles. The third-order valence-electron chi connectivity index (χ3n) is 4.37. The Balaban J connectivity index is 0.00000208. The van der Waals surface area contributed by atoms with Crippen LogP contribution in [0.25, 0.3) is 0 Å². The number of piperidine rings is 1. The molecule has 5 heteroatoms. The van der Waals surface area contributed by atoms with Crippen molar-refractivity contribution in [2.75, 3.05) is 18.8 Å². The maximum absolute atomic E-state index is 12.5. The minimum atomic E-state index is 0. The molecule has 2 N–H and O–H groups in total. The van der Waals surface area contributed by atoms with E-state index in [1.54, 1.807) is 24.3 Å². The van der Waals surface area contributed by atoms with E-state index in [0.29, 0.717) is 37.2 Å². The molecule has 1 heterocycles. The van der Waals surface area contributed by atoms with E-state index in [1.807, 2.05) is 35.2 Å². The predicted octanol–water partition coefficient (Wildman–Crippen LogP) is 3.43. The van der Waals surface area contributed by atoms with Crippen molar-refractivity contribution in [1.82, 2.24) is 4.90 Å². The van der Waals surface area contributed by atoms with Crippen LogP contribution in [0.2, 0.25) is 0 Å². The third-order valence-corrected chi connectivity index (χ3v) is 4.37. The number of benzene rings is 2. The summed E-state index contributed by atoms with van der Waals surface area (Å²) in [5.74, 6) is 0.202. The van der Waals surface area contributed by atoms with E-state index >= 15 is 0 Å². The van der Waals surface area contributed by atoms with Crippen LogP contribution < -0.4 is 5.73 Å². The molecule has 0 atom stereocenters. The van der Waals surface area contributed by atoms with Crippen molar-refractivity contribution < 1.29 is 9.59 Å². The Morgan fingerprint density at radius 2 is 1.46 bits per heavy atom. The highest BCUT2D eigenvalue weighted by molar-refractivity contribution is 5.98. The molecular formula is C19H21ClN2O2. The van der Waals surface area contributed by atoms with Crippen molar-refractivity contribution in [3.63, 3.8) is 0 Å². The zero-order chi connectivity index (χ0) is 16.2. The second-order valence-corrected chi connectivity index (χ2v) is 5.92. The molecule has 126 valence electrons. The molecule has 3 rings (SSSR count). The molecule has 0 saturated carbocycles. The van der Waals surface area contributed by atoms with E-state index in [-0.39, 0.29) is 30.0 Å². The molecule has 2 aromatic rings. The second kappa shape index (κ2) is 7.97. The van der Waals surface area contributed by atoms with Gasteiger partial charge < -0.3 is 10.6 Å². The summed E-state index contributed by atoms with van der Waals surface area (Å²) in [6.45, 7) is 1.24. The van der Waals surface area contributed by atoms with Gasteiger partial charge in [0.1, 0.15) is 0 Å². The van der Waals surface area contributed by atoms with Gasteiger partial charge in [-0.15, -0.1) is 12.4 Å². The molecule has 1 aliphatic heterocycles. The molecule has 1 fully saturated rings. The van der Waals surface area contributed by atoms with E-state index in [0.717, 1.165) is 5.56 Å². The van der Waals surface area contributed by atoms with Crippen LogP contribution in [0, 0.1) is 5.92 Å². The first kappa shape index (κ1) is 18.0. The third kappa shape index (κ3) is 3.95. The molecule has 0 radical (unpaired) electrons.